The molecule has 1 amide bonds. The van der Waals surface area contributed by atoms with Crippen molar-refractivity contribution in [3.8, 4) is 0 Å². The van der Waals surface area contributed by atoms with E-state index in [-0.39, 0.29) is 5.91 Å². The summed E-state index contributed by atoms with van der Waals surface area (Å²) in [5.74, 6) is -0.0770. The normalized spacial score (nSPS) is 17.5. The third-order valence-electron chi connectivity index (χ3n) is 4.27. The maximum Gasteiger partial charge on any atom is 0.240 e. The van der Waals surface area contributed by atoms with E-state index in [4.69, 9.17) is 10.5 Å². The van der Waals surface area contributed by atoms with Crippen molar-refractivity contribution in [1.29, 1.82) is 0 Å². The quantitative estimate of drug-likeness (QED) is 0.830. The molecule has 1 aromatic carbocycles. The summed E-state index contributed by atoms with van der Waals surface area (Å²) in [5.41, 5.74) is 7.76. The van der Waals surface area contributed by atoms with Gasteiger partial charge in [-0.25, -0.2) is 0 Å². The minimum absolute atomic E-state index is 0.0770. The number of benzene rings is 1. The Labute approximate surface area is 132 Å². The molecule has 1 saturated heterocycles. The molecular weight excluding hydrogens is 278 g/mol. The lowest BCUT2D eigenvalue weighted by Gasteiger charge is -2.31. The zero-order valence-corrected chi connectivity index (χ0v) is 13.6. The summed E-state index contributed by atoms with van der Waals surface area (Å²) in [7, 11) is 2.10. The number of ether oxygens (including phenoxy) is 1. The number of amides is 1. The average Bonchev–Trinajstić information content (AvgIpc) is 2.53. The molecule has 0 aliphatic carbocycles. The summed E-state index contributed by atoms with van der Waals surface area (Å²) in [6.45, 7) is 5.70. The molecule has 0 saturated carbocycles. The van der Waals surface area contributed by atoms with Crippen molar-refractivity contribution in [3.05, 3.63) is 35.4 Å². The van der Waals surface area contributed by atoms with Crippen LogP contribution in [0.3, 0.4) is 0 Å². The molecular formula is C17H27N3O2. The van der Waals surface area contributed by atoms with E-state index in [0.29, 0.717) is 32.6 Å². The Morgan fingerprint density at radius 3 is 2.73 bits per heavy atom. The molecule has 0 spiro atoms. The van der Waals surface area contributed by atoms with Gasteiger partial charge in [-0.1, -0.05) is 31.2 Å². The van der Waals surface area contributed by atoms with E-state index in [2.05, 4.69) is 36.3 Å². The molecule has 22 heavy (non-hydrogen) atoms. The van der Waals surface area contributed by atoms with Crippen molar-refractivity contribution in [2.45, 2.75) is 38.4 Å². The van der Waals surface area contributed by atoms with Crippen molar-refractivity contribution in [2.24, 2.45) is 5.73 Å². The Morgan fingerprint density at radius 2 is 2.05 bits per heavy atom. The van der Waals surface area contributed by atoms with Gasteiger partial charge in [0.15, 0.2) is 0 Å². The van der Waals surface area contributed by atoms with E-state index in [1.54, 1.807) is 0 Å². The van der Waals surface area contributed by atoms with E-state index in [0.717, 1.165) is 18.7 Å². The van der Waals surface area contributed by atoms with E-state index >= 15 is 0 Å². The minimum atomic E-state index is -0.779. The number of hydrogen-bond donors (Lipinski definition) is 2. The Balaban J connectivity index is 1.91. The first-order valence-electron chi connectivity index (χ1n) is 7.95. The summed E-state index contributed by atoms with van der Waals surface area (Å²) in [6.07, 6.45) is 1.17. The molecule has 0 atom stereocenters. The maximum absolute atomic E-state index is 12.3. The Kier molecular flexibility index (Phi) is 5.94. The second-order valence-corrected chi connectivity index (χ2v) is 6.10. The lowest BCUT2D eigenvalue weighted by atomic mass is 9.90. The van der Waals surface area contributed by atoms with Crippen molar-refractivity contribution >= 4 is 5.91 Å². The Bertz CT molecular complexity index is 498. The summed E-state index contributed by atoms with van der Waals surface area (Å²) in [6, 6.07) is 8.32. The largest absolute Gasteiger partial charge is 0.381 e. The minimum Gasteiger partial charge on any atom is -0.381 e. The van der Waals surface area contributed by atoms with Gasteiger partial charge in [-0.2, -0.15) is 0 Å². The number of carbonyl (C=O) groups is 1. The highest BCUT2D eigenvalue weighted by Gasteiger charge is 2.35. The van der Waals surface area contributed by atoms with Gasteiger partial charge in [-0.3, -0.25) is 4.79 Å². The summed E-state index contributed by atoms with van der Waals surface area (Å²) in [4.78, 5) is 14.5. The SMILES string of the molecule is CCN(C)Cc1cccc(CNC(=O)C2(N)CCOCC2)c1. The second-order valence-electron chi connectivity index (χ2n) is 6.10. The van der Waals surface area contributed by atoms with Gasteiger partial charge >= 0.3 is 0 Å². The predicted molar refractivity (Wildman–Crippen MR) is 87.3 cm³/mol. The molecule has 0 bridgehead atoms. The van der Waals surface area contributed by atoms with Gasteiger partial charge in [0.05, 0.1) is 5.54 Å². The van der Waals surface area contributed by atoms with Crippen LogP contribution in [0.2, 0.25) is 0 Å². The highest BCUT2D eigenvalue weighted by atomic mass is 16.5. The molecule has 1 aromatic rings. The van der Waals surface area contributed by atoms with Crippen LogP contribution in [0.5, 0.6) is 0 Å². The number of nitrogens with two attached hydrogens (primary N) is 1. The predicted octanol–water partition coefficient (Wildman–Crippen LogP) is 1.26. The Morgan fingerprint density at radius 1 is 1.36 bits per heavy atom. The summed E-state index contributed by atoms with van der Waals surface area (Å²) < 4.78 is 5.28. The van der Waals surface area contributed by atoms with Crippen LogP contribution in [-0.2, 0) is 22.6 Å². The van der Waals surface area contributed by atoms with Gasteiger partial charge in [-0.05, 0) is 37.6 Å². The monoisotopic (exact) mass is 305 g/mol. The van der Waals surface area contributed by atoms with Gasteiger partial charge in [0.2, 0.25) is 5.91 Å². The lowest BCUT2D eigenvalue weighted by Crippen LogP contribution is -2.56. The highest BCUT2D eigenvalue weighted by Crippen LogP contribution is 2.18. The van der Waals surface area contributed by atoms with Gasteiger partial charge in [-0.15, -0.1) is 0 Å². The van der Waals surface area contributed by atoms with Crippen LogP contribution < -0.4 is 11.1 Å². The number of rotatable bonds is 6. The van der Waals surface area contributed by atoms with Crippen molar-refractivity contribution in [2.75, 3.05) is 26.8 Å². The zero-order chi connectivity index (χ0) is 16.0. The van der Waals surface area contributed by atoms with Crippen LogP contribution in [0.15, 0.2) is 24.3 Å². The van der Waals surface area contributed by atoms with Crippen LogP contribution in [0.1, 0.15) is 30.9 Å². The van der Waals surface area contributed by atoms with Crippen molar-refractivity contribution in [3.63, 3.8) is 0 Å². The molecule has 2 rings (SSSR count). The highest BCUT2D eigenvalue weighted by molar-refractivity contribution is 5.86. The van der Waals surface area contributed by atoms with Crippen LogP contribution in [0.25, 0.3) is 0 Å². The average molecular weight is 305 g/mol. The van der Waals surface area contributed by atoms with E-state index in [1.165, 1.54) is 5.56 Å². The first-order chi connectivity index (χ1) is 10.5. The fourth-order valence-electron chi connectivity index (χ4n) is 2.58. The lowest BCUT2D eigenvalue weighted by molar-refractivity contribution is -0.129. The molecule has 0 aromatic heterocycles. The molecule has 1 aliphatic heterocycles. The topological polar surface area (TPSA) is 67.6 Å². The van der Waals surface area contributed by atoms with Gasteiger partial charge < -0.3 is 20.7 Å². The first kappa shape index (κ1) is 16.9. The molecule has 3 N–H and O–H groups in total. The number of carbonyl (C=O) groups excluding carboxylic acids is 1. The third kappa shape index (κ3) is 4.53. The maximum atomic E-state index is 12.3. The molecule has 1 heterocycles. The standard InChI is InChI=1S/C17H27N3O2/c1-3-20(2)13-15-6-4-5-14(11-15)12-19-16(21)17(18)7-9-22-10-8-17/h4-6,11H,3,7-10,12-13,18H2,1-2H3,(H,19,21). The Hall–Kier alpha value is -1.43. The van der Waals surface area contributed by atoms with Crippen molar-refractivity contribution < 1.29 is 9.53 Å². The van der Waals surface area contributed by atoms with Gasteiger partial charge in [0.1, 0.15) is 0 Å². The van der Waals surface area contributed by atoms with Gasteiger partial charge in [0.25, 0.3) is 0 Å². The van der Waals surface area contributed by atoms with E-state index < -0.39 is 5.54 Å². The summed E-state index contributed by atoms with van der Waals surface area (Å²) in [5, 5.41) is 2.97. The smallest absolute Gasteiger partial charge is 0.240 e. The van der Waals surface area contributed by atoms with Crippen molar-refractivity contribution in [1.82, 2.24) is 10.2 Å². The number of hydrogen-bond acceptors (Lipinski definition) is 4. The molecule has 1 fully saturated rings. The van der Waals surface area contributed by atoms with Crippen LogP contribution in [-0.4, -0.2) is 43.2 Å². The number of nitrogens with zero attached hydrogens (tertiary/aromatic N) is 1. The van der Waals surface area contributed by atoms with Gasteiger partial charge in [0, 0.05) is 26.3 Å². The molecule has 5 heteroatoms. The number of nitrogens with one attached hydrogen (secondary N) is 1. The molecule has 1 aliphatic rings. The third-order valence-corrected chi connectivity index (χ3v) is 4.27. The van der Waals surface area contributed by atoms with Crippen LogP contribution in [0.4, 0.5) is 0 Å². The van der Waals surface area contributed by atoms with Crippen LogP contribution in [0, 0.1) is 0 Å². The fraction of sp³-hybridized carbons (Fsp3) is 0.588. The second kappa shape index (κ2) is 7.72. The van der Waals surface area contributed by atoms with Crippen LogP contribution >= 0.6 is 0 Å². The van der Waals surface area contributed by atoms with E-state index in [9.17, 15) is 4.79 Å². The fourth-order valence-corrected chi connectivity index (χ4v) is 2.58. The summed E-state index contributed by atoms with van der Waals surface area (Å²) >= 11 is 0. The van der Waals surface area contributed by atoms with E-state index in [1.807, 2.05) is 12.1 Å². The molecule has 0 radical (unpaired) electrons. The first-order valence-corrected chi connectivity index (χ1v) is 7.95. The molecule has 0 unspecified atom stereocenters. The molecule has 122 valence electrons. The zero-order valence-electron chi connectivity index (χ0n) is 13.6. The molecule has 5 nitrogen and oxygen atoms in total.